The van der Waals surface area contributed by atoms with E-state index in [9.17, 15) is 0 Å². The first-order chi connectivity index (χ1) is 67.3. The van der Waals surface area contributed by atoms with Gasteiger partial charge in [-0.3, -0.25) is 0 Å². The number of fused-ring (bicyclic) bond motifs is 20. The van der Waals surface area contributed by atoms with E-state index in [1.54, 1.807) is 47.6 Å². The van der Waals surface area contributed by atoms with Crippen LogP contribution in [0, 0.1) is 0 Å². The molecule has 0 N–H and O–H groups in total. The second-order valence-corrected chi connectivity index (χ2v) is 41.8. The molecule has 8 unspecified atom stereocenters. The van der Waals surface area contributed by atoms with Crippen molar-refractivity contribution >= 4 is 79.0 Å². The van der Waals surface area contributed by atoms with Crippen molar-refractivity contribution in [1.82, 2.24) is 0 Å². The Bertz CT molecular complexity index is 7520. The minimum absolute atomic E-state index is 0.105. The number of benzene rings is 15. The maximum Gasteiger partial charge on any atom is 0.178 e. The Hall–Kier alpha value is -13.7. The van der Waals surface area contributed by atoms with Gasteiger partial charge in [0.2, 0.25) is 0 Å². The summed E-state index contributed by atoms with van der Waals surface area (Å²) in [4.78, 5) is 9.36. The van der Waals surface area contributed by atoms with Crippen molar-refractivity contribution in [1.29, 1.82) is 0 Å². The first-order valence-electron chi connectivity index (χ1n) is 50.9. The van der Waals surface area contributed by atoms with Crippen molar-refractivity contribution in [3.8, 4) is 73.6 Å². The largest absolute Gasteiger partial charge is 0.497 e. The third-order valence-corrected chi connectivity index (χ3v) is 34.9. The van der Waals surface area contributed by atoms with Crippen molar-refractivity contribution in [2.75, 3.05) is 82.1 Å². The Morgan fingerprint density at radius 3 is 1.27 bits per heavy atom. The highest BCUT2D eigenvalue weighted by molar-refractivity contribution is 6.19. The van der Waals surface area contributed by atoms with E-state index in [0.29, 0.717) is 35.5 Å². The summed E-state index contributed by atoms with van der Waals surface area (Å²) in [5, 5.41) is 7.67. The van der Waals surface area contributed by atoms with E-state index < -0.39 is 16.8 Å². The molecule has 29 rings (SSSR count). The lowest BCUT2D eigenvalue weighted by Gasteiger charge is -2.48. The van der Waals surface area contributed by atoms with Gasteiger partial charge >= 0.3 is 0 Å². The Morgan fingerprint density at radius 1 is 0.328 bits per heavy atom. The molecule has 10 heteroatoms. The van der Waals surface area contributed by atoms with E-state index in [-0.39, 0.29) is 5.41 Å². The van der Waals surface area contributed by atoms with Crippen molar-refractivity contribution < 1.29 is 28.4 Å². The molecule has 680 valence electrons. The molecule has 1 saturated heterocycles. The zero-order chi connectivity index (χ0) is 91.5. The van der Waals surface area contributed by atoms with Crippen LogP contribution in [-0.2, 0) is 22.2 Å². The summed E-state index contributed by atoms with van der Waals surface area (Å²) in [6, 6.07) is 95.8. The number of anilines is 5. The van der Waals surface area contributed by atoms with Crippen LogP contribution in [0.15, 0.2) is 279 Å². The fourth-order valence-corrected chi connectivity index (χ4v) is 28.6. The van der Waals surface area contributed by atoms with Crippen LogP contribution in [0.3, 0.4) is 0 Å². The molecule has 1 spiro atoms. The molecule has 5 fully saturated rings. The second-order valence-electron chi connectivity index (χ2n) is 41.8. The van der Waals surface area contributed by atoms with Gasteiger partial charge in [0.1, 0.15) is 40.2 Å². The Morgan fingerprint density at radius 2 is 0.745 bits per heavy atom. The molecule has 15 aromatic rings. The zero-order valence-corrected chi connectivity index (χ0v) is 79.6. The molecule has 0 radical (unpaired) electrons. The van der Waals surface area contributed by atoms with Crippen molar-refractivity contribution in [3.63, 3.8) is 0 Å². The average Bonchev–Trinajstić information content (AvgIpc) is 1.65. The first kappa shape index (κ1) is 82.7. The fourth-order valence-electron chi connectivity index (χ4n) is 28.6. The maximum atomic E-state index is 7.70. The molecular weight excluding hydrogens is 1680 g/mol. The summed E-state index contributed by atoms with van der Waals surface area (Å²) in [6.07, 6.45) is 37.0. The van der Waals surface area contributed by atoms with Crippen molar-refractivity contribution in [2.45, 2.75) is 173 Å². The summed E-state index contributed by atoms with van der Waals surface area (Å²) in [7, 11) is 14.1. The summed E-state index contributed by atoms with van der Waals surface area (Å²) < 4.78 is 40.7. The molecular formula is C127H116N4O6. The van der Waals surface area contributed by atoms with Crippen LogP contribution >= 0.6 is 0 Å². The smallest absolute Gasteiger partial charge is 0.178 e. The van der Waals surface area contributed by atoms with Gasteiger partial charge in [-0.1, -0.05) is 245 Å². The zero-order valence-electron chi connectivity index (χ0n) is 79.6. The lowest BCUT2D eigenvalue weighted by molar-refractivity contribution is 0.163. The SMILES string of the molecule is CN(C)c1ccc(C2(c3ccccc3)C=Cc3c4c5c6c(cccc6c3O2)C2(CCCC2)c2cccc(c2-5)C2CCCCC42)cc1.CN(C)c1ccc(C2(c3ccccc3)C=Cc3c4c5c6c(cccc6c3O2)Oc2cccc(c2-5)C2CCCCC42)cc1.COc1ccc(C2(c3ccc(OC)cc3)C=Cc3c4c5c6c(cc(N7CCCCC7)cc6c3O2)N(C)c2cccc(c2-5)C2CCCC42)cc1. The van der Waals surface area contributed by atoms with Gasteiger partial charge in [0.15, 0.2) is 16.8 Å². The number of rotatable bonds is 11. The molecule has 6 aliphatic heterocycles. The van der Waals surface area contributed by atoms with Crippen LogP contribution in [-0.4, -0.2) is 62.5 Å². The number of piperidine rings is 1. The van der Waals surface area contributed by atoms with Crippen LogP contribution in [0.25, 0.3) is 83.9 Å². The predicted molar refractivity (Wildman–Crippen MR) is 561 cm³/mol. The van der Waals surface area contributed by atoms with Gasteiger partial charge in [-0.2, -0.15) is 0 Å². The van der Waals surface area contributed by atoms with E-state index in [1.165, 1.54) is 238 Å². The molecule has 8 atom stereocenters. The lowest BCUT2D eigenvalue weighted by Crippen LogP contribution is -2.36. The van der Waals surface area contributed by atoms with Crippen LogP contribution in [0.1, 0.15) is 246 Å². The van der Waals surface area contributed by atoms with E-state index >= 15 is 0 Å². The summed E-state index contributed by atoms with van der Waals surface area (Å²) in [5.41, 5.74) is 35.8. The highest BCUT2D eigenvalue weighted by atomic mass is 16.5. The molecule has 15 aromatic carbocycles. The van der Waals surface area contributed by atoms with Crippen molar-refractivity contribution in [3.05, 3.63) is 374 Å². The topological polar surface area (TPSA) is 68.3 Å². The van der Waals surface area contributed by atoms with Crippen LogP contribution in [0.5, 0.6) is 40.2 Å². The monoisotopic (exact) mass is 1790 g/mol. The number of nitrogens with zero attached hydrogens (tertiary/aromatic N) is 4. The molecule has 137 heavy (non-hydrogen) atoms. The highest BCUT2D eigenvalue weighted by Crippen LogP contribution is 2.71. The highest BCUT2D eigenvalue weighted by Gasteiger charge is 2.54. The number of hydrogen-bond donors (Lipinski definition) is 0. The van der Waals surface area contributed by atoms with E-state index in [2.05, 4.69) is 328 Å². The molecule has 14 aliphatic rings. The summed E-state index contributed by atoms with van der Waals surface area (Å²) in [6.45, 7) is 2.18. The van der Waals surface area contributed by atoms with Crippen LogP contribution < -0.4 is 48.0 Å². The van der Waals surface area contributed by atoms with Gasteiger partial charge in [-0.05, 0) is 270 Å². The fraction of sp³-hybridized carbons (Fsp3) is 0.291. The van der Waals surface area contributed by atoms with Gasteiger partial charge in [0.05, 0.1) is 19.9 Å². The third kappa shape index (κ3) is 12.1. The second kappa shape index (κ2) is 31.7. The Labute approximate surface area is 804 Å². The van der Waals surface area contributed by atoms with Gasteiger partial charge in [0, 0.05) is 170 Å². The molecule has 0 bridgehead atoms. The Kier molecular flexibility index (Phi) is 19.1. The van der Waals surface area contributed by atoms with Gasteiger partial charge in [-0.25, -0.2) is 0 Å². The standard InChI is InChI=1S/C44H42N2O3.C44H41NO.C39H33NO2/c1-45-37-12-8-11-34-32-9-7-10-33(32)39-35-21-22-44(27-13-17-30(47-2)18-14-27,28-15-19-31(48-3)20-16-28)49-43(35)36-25-29(46-23-5-4-6-24-46)26-38(45)41(36)42(39)40(34)37;1-45(2)30-22-20-29(21-23-30)44(28-12-4-3-5-13-28)27-24-35-38-32-15-7-6-14-31(32)33-16-10-18-36-39(33)41(38)40-34(42(35)46-44)17-11-19-37(40)43(36)25-8-9-26-43;1-40(2)26-20-18-25(19-21-26)39(24-10-4-3-5-11-24)23-22-31-34-28-13-7-6-12-27(28)29-14-8-16-32-35(29)37(34)36-30(38(31)42-39)15-9-17-33(36)41-32/h8,11-22,25-26,32-33H,4-7,9-10,23-24H2,1-3H3;3-5,10-13,16-24,27,31-32H,6-9,14-15,25-26H2,1-2H3;3-5,8-11,14-23,27-28H,6-7,12-13H2,1-2H3. The van der Waals surface area contributed by atoms with Gasteiger partial charge in [-0.15, -0.1) is 0 Å². The number of hydrogen-bond acceptors (Lipinski definition) is 10. The number of methoxy groups -OCH3 is 2. The molecule has 4 saturated carbocycles. The third-order valence-electron chi connectivity index (χ3n) is 34.9. The quantitative estimate of drug-likeness (QED) is 0.125. The lowest BCUT2D eigenvalue weighted by atomic mass is 9.56. The van der Waals surface area contributed by atoms with Crippen molar-refractivity contribution in [2.24, 2.45) is 0 Å². The summed E-state index contributed by atoms with van der Waals surface area (Å²) in [5.74, 6) is 9.80. The van der Waals surface area contributed by atoms with E-state index in [4.69, 9.17) is 28.4 Å². The maximum absolute atomic E-state index is 7.70. The van der Waals surface area contributed by atoms with Crippen LogP contribution in [0.4, 0.5) is 28.4 Å². The molecule has 10 nitrogen and oxygen atoms in total. The number of ether oxygens (including phenoxy) is 6. The van der Waals surface area contributed by atoms with E-state index in [0.717, 1.165) is 86.5 Å². The Balaban J connectivity index is 0.000000104. The normalized spacial score (nSPS) is 22.6. The average molecular weight is 1790 g/mol. The molecule has 0 aromatic heterocycles. The minimum Gasteiger partial charge on any atom is -0.497 e. The van der Waals surface area contributed by atoms with Gasteiger partial charge in [0.25, 0.3) is 0 Å². The minimum atomic E-state index is -0.836. The molecule has 0 amide bonds. The van der Waals surface area contributed by atoms with Crippen LogP contribution in [0.2, 0.25) is 0 Å². The predicted octanol–water partition coefficient (Wildman–Crippen LogP) is 30.9. The molecule has 8 aliphatic carbocycles. The summed E-state index contributed by atoms with van der Waals surface area (Å²) >= 11 is 0. The van der Waals surface area contributed by atoms with E-state index in [1.807, 2.05) is 24.3 Å². The molecule has 6 heterocycles. The van der Waals surface area contributed by atoms with Gasteiger partial charge < -0.3 is 48.0 Å². The first-order valence-corrected chi connectivity index (χ1v) is 50.9.